The molecule has 0 spiro atoms. The molecule has 0 saturated heterocycles. The van der Waals surface area contributed by atoms with Crippen molar-refractivity contribution in [1.29, 1.82) is 0 Å². The zero-order valence-corrected chi connectivity index (χ0v) is 8.25. The van der Waals surface area contributed by atoms with Crippen molar-refractivity contribution in [2.45, 2.75) is 20.3 Å². The minimum absolute atomic E-state index is 0.158. The molecule has 1 nitrogen and oxygen atoms in total. The van der Waals surface area contributed by atoms with Gasteiger partial charge >= 0.3 is 0 Å². The van der Waals surface area contributed by atoms with E-state index in [1.807, 2.05) is 12.1 Å². The van der Waals surface area contributed by atoms with Crippen LogP contribution >= 0.6 is 0 Å². The number of rotatable bonds is 3. The lowest BCUT2D eigenvalue weighted by Crippen LogP contribution is -1.89. The van der Waals surface area contributed by atoms with Crippen LogP contribution in [0.1, 0.15) is 24.5 Å². The molecule has 1 N–H and O–H groups in total. The fourth-order valence-electron chi connectivity index (χ4n) is 1.23. The fraction of sp³-hybridized carbons (Fsp3) is 0.333. The zero-order valence-electron chi connectivity index (χ0n) is 8.25. The van der Waals surface area contributed by atoms with Gasteiger partial charge in [-0.05, 0) is 30.0 Å². The summed E-state index contributed by atoms with van der Waals surface area (Å²) >= 11 is 0. The lowest BCUT2D eigenvalue weighted by atomic mass is 10.1. The van der Waals surface area contributed by atoms with Gasteiger partial charge in [-0.1, -0.05) is 37.3 Å². The lowest BCUT2D eigenvalue weighted by molar-refractivity contribution is 0.329. The first-order valence-electron chi connectivity index (χ1n) is 4.64. The first kappa shape index (κ1) is 10.0. The standard InChI is InChI=1S/C12H16O/c1-3-11(9-13)8-12-7-5-4-6-10(12)2/h4-8,13H,3,9H2,1-2H3/b11-8-. The number of hydrogen-bond acceptors (Lipinski definition) is 1. The Morgan fingerprint density at radius 2 is 2.08 bits per heavy atom. The van der Waals surface area contributed by atoms with Crippen molar-refractivity contribution in [2.75, 3.05) is 6.61 Å². The molecule has 1 aromatic carbocycles. The van der Waals surface area contributed by atoms with Crippen molar-refractivity contribution in [3.8, 4) is 0 Å². The first-order valence-corrected chi connectivity index (χ1v) is 4.64. The van der Waals surface area contributed by atoms with E-state index in [1.54, 1.807) is 0 Å². The van der Waals surface area contributed by atoms with E-state index >= 15 is 0 Å². The molecule has 0 aliphatic heterocycles. The van der Waals surface area contributed by atoms with Gasteiger partial charge in [0.2, 0.25) is 0 Å². The number of hydrogen-bond donors (Lipinski definition) is 1. The summed E-state index contributed by atoms with van der Waals surface area (Å²) in [6.45, 7) is 4.29. The summed E-state index contributed by atoms with van der Waals surface area (Å²) in [6.07, 6.45) is 2.97. The van der Waals surface area contributed by atoms with Gasteiger partial charge in [0.1, 0.15) is 0 Å². The molecule has 0 saturated carbocycles. The highest BCUT2D eigenvalue weighted by Crippen LogP contribution is 2.13. The summed E-state index contributed by atoms with van der Waals surface area (Å²) in [6, 6.07) is 8.19. The second kappa shape index (κ2) is 4.83. The summed E-state index contributed by atoms with van der Waals surface area (Å²) in [7, 11) is 0. The van der Waals surface area contributed by atoms with E-state index in [-0.39, 0.29) is 6.61 Å². The van der Waals surface area contributed by atoms with Gasteiger partial charge in [0.15, 0.2) is 0 Å². The number of aliphatic hydroxyl groups excluding tert-OH is 1. The van der Waals surface area contributed by atoms with Gasteiger partial charge in [-0.3, -0.25) is 0 Å². The van der Waals surface area contributed by atoms with E-state index in [0.717, 1.165) is 12.0 Å². The van der Waals surface area contributed by atoms with E-state index in [2.05, 4.69) is 32.1 Å². The predicted octanol–water partition coefficient (Wildman–Crippen LogP) is 2.78. The van der Waals surface area contributed by atoms with Crippen LogP contribution in [0, 0.1) is 6.92 Å². The van der Waals surface area contributed by atoms with Crippen LogP contribution in [0.3, 0.4) is 0 Å². The van der Waals surface area contributed by atoms with E-state index in [9.17, 15) is 0 Å². The Bertz CT molecular complexity index is 294. The van der Waals surface area contributed by atoms with E-state index in [0.29, 0.717) is 0 Å². The van der Waals surface area contributed by atoms with E-state index in [4.69, 9.17) is 5.11 Å². The highest BCUT2D eigenvalue weighted by molar-refractivity contribution is 5.56. The quantitative estimate of drug-likeness (QED) is 0.750. The Kier molecular flexibility index (Phi) is 3.71. The van der Waals surface area contributed by atoms with Crippen molar-refractivity contribution in [1.82, 2.24) is 0 Å². The van der Waals surface area contributed by atoms with Crippen LogP contribution in [-0.4, -0.2) is 11.7 Å². The Hall–Kier alpha value is -1.08. The average molecular weight is 176 g/mol. The van der Waals surface area contributed by atoms with Gasteiger partial charge in [0, 0.05) is 0 Å². The molecular formula is C12H16O. The van der Waals surface area contributed by atoms with Gasteiger partial charge in [-0.25, -0.2) is 0 Å². The molecule has 0 aliphatic carbocycles. The third kappa shape index (κ3) is 2.71. The van der Waals surface area contributed by atoms with E-state index < -0.39 is 0 Å². The van der Waals surface area contributed by atoms with Crippen molar-refractivity contribution < 1.29 is 5.11 Å². The van der Waals surface area contributed by atoms with Crippen LogP contribution in [0.25, 0.3) is 6.08 Å². The summed E-state index contributed by atoms with van der Waals surface area (Å²) in [5, 5.41) is 9.01. The van der Waals surface area contributed by atoms with Crippen molar-refractivity contribution in [3.05, 3.63) is 41.0 Å². The minimum atomic E-state index is 0.158. The largest absolute Gasteiger partial charge is 0.392 e. The van der Waals surface area contributed by atoms with Gasteiger partial charge in [0.05, 0.1) is 6.61 Å². The molecule has 1 heteroatoms. The van der Waals surface area contributed by atoms with Gasteiger partial charge in [0.25, 0.3) is 0 Å². The van der Waals surface area contributed by atoms with Crippen LogP contribution in [0.4, 0.5) is 0 Å². The normalized spacial score (nSPS) is 11.8. The van der Waals surface area contributed by atoms with Gasteiger partial charge < -0.3 is 5.11 Å². The molecule has 0 aromatic heterocycles. The van der Waals surface area contributed by atoms with Crippen molar-refractivity contribution in [3.63, 3.8) is 0 Å². The maximum Gasteiger partial charge on any atom is 0.0644 e. The molecule has 0 radical (unpaired) electrons. The Labute approximate surface area is 79.7 Å². The molecular weight excluding hydrogens is 160 g/mol. The Morgan fingerprint density at radius 1 is 1.38 bits per heavy atom. The maximum absolute atomic E-state index is 9.01. The Morgan fingerprint density at radius 3 is 2.62 bits per heavy atom. The first-order chi connectivity index (χ1) is 6.27. The van der Waals surface area contributed by atoms with Crippen LogP contribution in [0.5, 0.6) is 0 Å². The SMILES string of the molecule is CC/C(=C/c1ccccc1C)CO. The van der Waals surface area contributed by atoms with Crippen molar-refractivity contribution >= 4 is 6.08 Å². The van der Waals surface area contributed by atoms with Crippen molar-refractivity contribution in [2.24, 2.45) is 0 Å². The molecule has 13 heavy (non-hydrogen) atoms. The average Bonchev–Trinajstić information content (AvgIpc) is 2.17. The number of benzene rings is 1. The van der Waals surface area contributed by atoms with Gasteiger partial charge in [-0.2, -0.15) is 0 Å². The second-order valence-corrected chi connectivity index (χ2v) is 3.17. The molecule has 70 valence electrons. The summed E-state index contributed by atoms with van der Waals surface area (Å²) < 4.78 is 0. The smallest absolute Gasteiger partial charge is 0.0644 e. The topological polar surface area (TPSA) is 20.2 Å². The highest BCUT2D eigenvalue weighted by atomic mass is 16.3. The van der Waals surface area contributed by atoms with Crippen LogP contribution < -0.4 is 0 Å². The zero-order chi connectivity index (χ0) is 9.68. The Balaban J connectivity index is 2.95. The molecule has 0 atom stereocenters. The molecule has 1 rings (SSSR count). The third-order valence-corrected chi connectivity index (χ3v) is 2.21. The summed E-state index contributed by atoms with van der Waals surface area (Å²) in [5.74, 6) is 0. The lowest BCUT2D eigenvalue weighted by Gasteiger charge is -2.02. The summed E-state index contributed by atoms with van der Waals surface area (Å²) in [4.78, 5) is 0. The van der Waals surface area contributed by atoms with Crippen LogP contribution in [0.15, 0.2) is 29.8 Å². The molecule has 0 fully saturated rings. The molecule has 1 aromatic rings. The molecule has 0 aliphatic rings. The van der Waals surface area contributed by atoms with Crippen LogP contribution in [-0.2, 0) is 0 Å². The monoisotopic (exact) mass is 176 g/mol. The van der Waals surface area contributed by atoms with Gasteiger partial charge in [-0.15, -0.1) is 0 Å². The molecule has 0 bridgehead atoms. The second-order valence-electron chi connectivity index (χ2n) is 3.17. The maximum atomic E-state index is 9.01. The molecule has 0 amide bonds. The number of aliphatic hydroxyl groups is 1. The minimum Gasteiger partial charge on any atom is -0.392 e. The molecule has 0 unspecified atom stereocenters. The van der Waals surface area contributed by atoms with E-state index in [1.165, 1.54) is 11.1 Å². The molecule has 0 heterocycles. The third-order valence-electron chi connectivity index (χ3n) is 2.21. The predicted molar refractivity (Wildman–Crippen MR) is 56.5 cm³/mol. The van der Waals surface area contributed by atoms with Crippen LogP contribution in [0.2, 0.25) is 0 Å². The number of aryl methyl sites for hydroxylation is 1. The summed E-state index contributed by atoms with van der Waals surface area (Å²) in [5.41, 5.74) is 3.53. The highest BCUT2D eigenvalue weighted by Gasteiger charge is 1.95. The fourth-order valence-corrected chi connectivity index (χ4v) is 1.23.